The molecule has 3 heterocycles. The number of nitrogens with one attached hydrogen (secondary N) is 2. The minimum absolute atomic E-state index is 0.0546. The van der Waals surface area contributed by atoms with Crippen molar-refractivity contribution in [2.24, 2.45) is 5.92 Å². The number of thiophene rings is 1. The number of ether oxygens (including phenoxy) is 1. The third-order valence-electron chi connectivity index (χ3n) is 6.70. The molecular weight excluding hydrogens is 410 g/mol. The summed E-state index contributed by atoms with van der Waals surface area (Å²) < 4.78 is 5.46. The number of hydrogen-bond donors (Lipinski definition) is 2. The van der Waals surface area contributed by atoms with Crippen molar-refractivity contribution in [2.75, 3.05) is 0 Å². The monoisotopic (exact) mass is 435 g/mol. The molecule has 2 fully saturated rings. The smallest absolute Gasteiger partial charge is 0.339 e. The molecule has 0 radical (unpaired) electrons. The number of nitrogens with zero attached hydrogens (tertiary/aromatic N) is 1. The van der Waals surface area contributed by atoms with Crippen molar-refractivity contribution in [3.63, 3.8) is 0 Å². The van der Waals surface area contributed by atoms with Crippen LogP contribution in [0.4, 0.5) is 0 Å². The van der Waals surface area contributed by atoms with Crippen molar-refractivity contribution in [3.05, 3.63) is 46.3 Å². The first kappa shape index (κ1) is 20.2. The van der Waals surface area contributed by atoms with E-state index in [2.05, 4.69) is 16.7 Å². The Bertz CT molecular complexity index is 1100. The van der Waals surface area contributed by atoms with E-state index in [0.717, 1.165) is 40.1 Å². The van der Waals surface area contributed by atoms with Crippen LogP contribution in [0.5, 0.6) is 0 Å². The van der Waals surface area contributed by atoms with Crippen molar-refractivity contribution in [1.82, 2.24) is 10.6 Å². The van der Waals surface area contributed by atoms with Crippen LogP contribution in [-0.4, -0.2) is 30.0 Å². The zero-order valence-electron chi connectivity index (χ0n) is 17.6. The summed E-state index contributed by atoms with van der Waals surface area (Å²) in [7, 11) is 0. The van der Waals surface area contributed by atoms with Gasteiger partial charge in [0.1, 0.15) is 11.6 Å². The van der Waals surface area contributed by atoms with Gasteiger partial charge in [0.05, 0.1) is 17.7 Å². The second-order valence-corrected chi connectivity index (χ2v) is 10.4. The van der Waals surface area contributed by atoms with Crippen LogP contribution in [0.1, 0.15) is 53.9 Å². The molecule has 1 amide bonds. The fourth-order valence-electron chi connectivity index (χ4n) is 5.10. The van der Waals surface area contributed by atoms with Crippen molar-refractivity contribution in [2.45, 2.75) is 63.3 Å². The van der Waals surface area contributed by atoms with E-state index < -0.39 is 11.6 Å². The molecule has 0 spiro atoms. The average Bonchev–Trinajstić information content (AvgIpc) is 3.52. The minimum Gasteiger partial charge on any atom is -0.451 e. The number of fused-ring (bicyclic) bond motifs is 3. The third kappa shape index (κ3) is 3.64. The molecule has 2 bridgehead atoms. The standard InChI is InChI=1S/C24H25N3O3S/c1-24(2)19-10-13(4-7-18(19)23(29)30-24)20-8-6-17(31-20)11-16(12-25)27-22(28)21-14-3-5-15(9-14)26-21/h4,6-8,10,14-16,21,26H,3,5,9,11H2,1-2H3,(H,27,28)/t14-,15-,16-,21-/m0/s1. The van der Waals surface area contributed by atoms with Gasteiger partial charge in [-0.1, -0.05) is 6.07 Å². The van der Waals surface area contributed by atoms with Crippen LogP contribution in [-0.2, 0) is 21.6 Å². The highest BCUT2D eigenvalue weighted by atomic mass is 32.1. The van der Waals surface area contributed by atoms with E-state index in [1.807, 2.05) is 44.2 Å². The lowest BCUT2D eigenvalue weighted by atomic mass is 9.94. The minimum atomic E-state index is -0.633. The van der Waals surface area contributed by atoms with Crippen LogP contribution in [0.25, 0.3) is 10.4 Å². The summed E-state index contributed by atoms with van der Waals surface area (Å²) in [5, 5.41) is 15.9. The molecule has 1 saturated carbocycles. The number of cyclic esters (lactones) is 1. The van der Waals surface area contributed by atoms with Gasteiger partial charge in [-0.05, 0) is 68.9 Å². The summed E-state index contributed by atoms with van der Waals surface area (Å²) in [4.78, 5) is 26.8. The van der Waals surface area contributed by atoms with Gasteiger partial charge in [-0.2, -0.15) is 5.26 Å². The maximum Gasteiger partial charge on any atom is 0.339 e. The topological polar surface area (TPSA) is 91.2 Å². The number of benzene rings is 1. The van der Waals surface area contributed by atoms with Crippen LogP contribution < -0.4 is 10.6 Å². The van der Waals surface area contributed by atoms with E-state index in [9.17, 15) is 14.9 Å². The molecule has 2 aliphatic heterocycles. The number of rotatable bonds is 5. The first-order valence-electron chi connectivity index (χ1n) is 10.8. The van der Waals surface area contributed by atoms with Gasteiger partial charge < -0.3 is 15.4 Å². The number of amides is 1. The molecular formula is C24H25N3O3S. The predicted molar refractivity (Wildman–Crippen MR) is 117 cm³/mol. The number of piperidine rings is 1. The van der Waals surface area contributed by atoms with Gasteiger partial charge in [0.15, 0.2) is 0 Å². The highest BCUT2D eigenvalue weighted by Crippen LogP contribution is 2.39. The van der Waals surface area contributed by atoms with Crippen molar-refractivity contribution >= 4 is 23.2 Å². The molecule has 6 nitrogen and oxygen atoms in total. The molecule has 3 aliphatic rings. The number of hydrogen-bond acceptors (Lipinski definition) is 6. The normalized spacial score (nSPS) is 26.2. The molecule has 1 saturated heterocycles. The van der Waals surface area contributed by atoms with Crippen LogP contribution in [0.3, 0.4) is 0 Å². The highest BCUT2D eigenvalue weighted by Gasteiger charge is 2.43. The summed E-state index contributed by atoms with van der Waals surface area (Å²) in [6.45, 7) is 3.79. The first-order chi connectivity index (χ1) is 14.8. The molecule has 4 atom stereocenters. The van der Waals surface area contributed by atoms with E-state index in [1.54, 1.807) is 11.3 Å². The summed E-state index contributed by atoms with van der Waals surface area (Å²) in [5.74, 6) is 0.0645. The summed E-state index contributed by atoms with van der Waals surface area (Å²) in [5.41, 5.74) is 1.90. The Morgan fingerprint density at radius 1 is 1.35 bits per heavy atom. The van der Waals surface area contributed by atoms with Gasteiger partial charge in [0, 0.05) is 27.8 Å². The lowest BCUT2D eigenvalue weighted by Gasteiger charge is -2.23. The highest BCUT2D eigenvalue weighted by molar-refractivity contribution is 7.15. The molecule has 1 aromatic carbocycles. The van der Waals surface area contributed by atoms with Crippen LogP contribution >= 0.6 is 11.3 Å². The third-order valence-corrected chi connectivity index (χ3v) is 7.86. The average molecular weight is 436 g/mol. The predicted octanol–water partition coefficient (Wildman–Crippen LogP) is 3.51. The molecule has 0 unspecified atom stereocenters. The molecule has 5 rings (SSSR count). The van der Waals surface area contributed by atoms with Gasteiger partial charge in [0.25, 0.3) is 0 Å². The van der Waals surface area contributed by atoms with Crippen molar-refractivity contribution in [1.29, 1.82) is 5.26 Å². The zero-order chi connectivity index (χ0) is 21.8. The maximum atomic E-state index is 12.7. The molecule has 31 heavy (non-hydrogen) atoms. The summed E-state index contributed by atoms with van der Waals surface area (Å²) in [6, 6.07) is 11.8. The quantitative estimate of drug-likeness (QED) is 0.702. The van der Waals surface area contributed by atoms with Gasteiger partial charge in [0.2, 0.25) is 5.91 Å². The maximum absolute atomic E-state index is 12.7. The van der Waals surface area contributed by atoms with Gasteiger partial charge in [-0.25, -0.2) is 4.79 Å². The Balaban J connectivity index is 1.28. The molecule has 2 N–H and O–H groups in total. The van der Waals surface area contributed by atoms with E-state index in [4.69, 9.17) is 4.74 Å². The molecule has 2 aromatic rings. The summed E-state index contributed by atoms with van der Waals surface area (Å²) in [6.07, 6.45) is 3.79. The number of carbonyl (C=O) groups is 2. The lowest BCUT2D eigenvalue weighted by molar-refractivity contribution is -0.124. The van der Waals surface area contributed by atoms with Crippen molar-refractivity contribution in [3.8, 4) is 16.5 Å². The lowest BCUT2D eigenvalue weighted by Crippen LogP contribution is -2.50. The van der Waals surface area contributed by atoms with Crippen LogP contribution in [0.2, 0.25) is 0 Å². The Morgan fingerprint density at radius 3 is 2.90 bits per heavy atom. The second-order valence-electron chi connectivity index (χ2n) is 9.23. The summed E-state index contributed by atoms with van der Waals surface area (Å²) >= 11 is 1.60. The van der Waals surface area contributed by atoms with Gasteiger partial charge in [-0.15, -0.1) is 11.3 Å². The number of esters is 1. The van der Waals surface area contributed by atoms with Gasteiger partial charge >= 0.3 is 5.97 Å². The van der Waals surface area contributed by atoms with E-state index in [-0.39, 0.29) is 17.9 Å². The SMILES string of the molecule is CC1(C)OC(=O)c2ccc(-c3ccc(C[C@@H](C#N)NC(=O)[C@H]4N[C@H]5CC[C@H]4C5)s3)cc21. The van der Waals surface area contributed by atoms with Gasteiger partial charge in [-0.3, -0.25) is 4.79 Å². The Kier molecular flexibility index (Phi) is 4.87. The fraction of sp³-hybridized carbons (Fsp3) is 0.458. The van der Waals surface area contributed by atoms with Crippen molar-refractivity contribution < 1.29 is 14.3 Å². The van der Waals surface area contributed by atoms with E-state index >= 15 is 0 Å². The first-order valence-corrected chi connectivity index (χ1v) is 11.6. The van der Waals surface area contributed by atoms with Crippen LogP contribution in [0.15, 0.2) is 30.3 Å². The zero-order valence-corrected chi connectivity index (χ0v) is 18.4. The largest absolute Gasteiger partial charge is 0.451 e. The second kappa shape index (κ2) is 7.47. The Hall–Kier alpha value is -2.69. The van der Waals surface area contributed by atoms with E-state index in [0.29, 0.717) is 23.9 Å². The van der Waals surface area contributed by atoms with Crippen LogP contribution in [0, 0.1) is 17.2 Å². The Morgan fingerprint density at radius 2 is 2.19 bits per heavy atom. The fourth-order valence-corrected chi connectivity index (χ4v) is 6.15. The number of carbonyl (C=O) groups excluding carboxylic acids is 2. The number of nitriles is 1. The molecule has 1 aromatic heterocycles. The molecule has 7 heteroatoms. The van der Waals surface area contributed by atoms with E-state index in [1.165, 1.54) is 0 Å². The Labute approximate surface area is 185 Å². The molecule has 160 valence electrons. The molecule has 1 aliphatic carbocycles.